The Balaban J connectivity index is 1.55. The minimum atomic E-state index is -1.18. The van der Waals surface area contributed by atoms with Crippen LogP contribution in [0.2, 0.25) is 0 Å². The molecule has 31 heavy (non-hydrogen) atoms. The lowest BCUT2D eigenvalue weighted by Gasteiger charge is -2.31. The number of rotatable bonds is 9. The summed E-state index contributed by atoms with van der Waals surface area (Å²) in [5, 5.41) is 32.7. The summed E-state index contributed by atoms with van der Waals surface area (Å²) in [5.41, 5.74) is 11.1. The van der Waals surface area contributed by atoms with E-state index < -0.39 is 54.7 Å². The van der Waals surface area contributed by atoms with Crippen molar-refractivity contribution in [3.05, 3.63) is 0 Å². The quantitative estimate of drug-likeness (QED) is 0.186. The van der Waals surface area contributed by atoms with E-state index in [4.69, 9.17) is 16.2 Å². The topological polar surface area (TPSA) is 208 Å². The zero-order valence-corrected chi connectivity index (χ0v) is 17.8. The van der Waals surface area contributed by atoms with Crippen LogP contribution in [-0.4, -0.2) is 118 Å². The number of carbonyl (C=O) groups is 2. The van der Waals surface area contributed by atoms with Crippen LogP contribution < -0.4 is 16.8 Å². The zero-order valence-electron chi connectivity index (χ0n) is 16.9. The number of carbonyl (C=O) groups excluding carboxylic acids is 1. The van der Waals surface area contributed by atoms with Gasteiger partial charge in [-0.2, -0.15) is 0 Å². The molecular formula is C17H28N7O6S+. The average molecular weight is 459 g/mol. The molecule has 0 radical (unpaired) electrons. The molecular weight excluding hydrogens is 430 g/mol. The maximum atomic E-state index is 11.4. The smallest absolute Gasteiger partial charge is 0.326 e. The first-order chi connectivity index (χ1) is 14.7. The first-order valence-electron chi connectivity index (χ1n) is 9.71. The Bertz CT molecular complexity index is 780. The number of amidine groups is 1. The van der Waals surface area contributed by atoms with Crippen LogP contribution in [0.4, 0.5) is 0 Å². The van der Waals surface area contributed by atoms with Crippen molar-refractivity contribution >= 4 is 41.3 Å². The van der Waals surface area contributed by atoms with Crippen molar-refractivity contribution in [1.82, 2.24) is 10.2 Å². The van der Waals surface area contributed by atoms with E-state index in [1.165, 1.54) is 12.7 Å². The largest absolute Gasteiger partial charge is 0.480 e. The van der Waals surface area contributed by atoms with Gasteiger partial charge in [0.25, 0.3) is 0 Å². The molecule has 0 aromatic carbocycles. The number of hydrogen-bond acceptors (Lipinski definition) is 11. The number of amides is 1. The SMILES string of the molecule is C[S+](CC[C@H](NC(=O)CN)C(=O)O)C[C@H]1O[C@@H](N2C=NC3C(N)=NC=NC32)C(O)[C@H]1O. The predicted octanol–water partition coefficient (Wildman–Crippen LogP) is -3.96. The highest BCUT2D eigenvalue weighted by atomic mass is 32.2. The molecule has 0 aliphatic carbocycles. The first-order valence-corrected chi connectivity index (χ1v) is 11.7. The molecule has 3 aliphatic heterocycles. The molecule has 13 nitrogen and oxygen atoms in total. The molecule has 0 aromatic rings. The maximum absolute atomic E-state index is 11.4. The number of aliphatic hydroxyl groups excluding tert-OH is 2. The second kappa shape index (κ2) is 9.91. The van der Waals surface area contributed by atoms with Gasteiger partial charge in [-0.3, -0.25) is 9.79 Å². The third kappa shape index (κ3) is 5.15. The van der Waals surface area contributed by atoms with Crippen molar-refractivity contribution in [2.75, 3.05) is 24.3 Å². The van der Waals surface area contributed by atoms with Crippen LogP contribution in [-0.2, 0) is 25.2 Å². The van der Waals surface area contributed by atoms with E-state index in [9.17, 15) is 24.9 Å². The number of fused-ring (bicyclic) bond motifs is 1. The van der Waals surface area contributed by atoms with E-state index in [1.54, 1.807) is 4.90 Å². The molecule has 4 unspecified atom stereocenters. The van der Waals surface area contributed by atoms with E-state index in [-0.39, 0.29) is 23.9 Å². The van der Waals surface area contributed by atoms with E-state index in [0.717, 1.165) is 0 Å². The predicted molar refractivity (Wildman–Crippen MR) is 115 cm³/mol. The standard InChI is InChI=1S/C17H27N7O6S/c1-31(3-2-8(17(28)29)23-10(25)4-18)5-9-12(26)13(27)16(30-9)24-7-22-11-14(19)20-6-21-15(11)24/h6-9,11-13,15-16,26-27H,2-5,18H2,1H3,(H3-,19,20,21,23,25,28,29)/p+1/t8-,9+,11?,12-,13?,15?,16+,31?/m0/s1. The molecule has 0 bridgehead atoms. The van der Waals surface area contributed by atoms with Gasteiger partial charge in [0.2, 0.25) is 5.91 Å². The van der Waals surface area contributed by atoms with Crippen LogP contribution in [0.5, 0.6) is 0 Å². The highest BCUT2D eigenvalue weighted by Crippen LogP contribution is 2.30. The molecule has 172 valence electrons. The number of ether oxygens (including phenoxy) is 1. The summed E-state index contributed by atoms with van der Waals surface area (Å²) >= 11 is 0. The molecule has 1 fully saturated rings. The van der Waals surface area contributed by atoms with Crippen molar-refractivity contribution in [3.8, 4) is 0 Å². The third-order valence-electron chi connectivity index (χ3n) is 5.33. The van der Waals surface area contributed by atoms with Gasteiger partial charge in [-0.25, -0.2) is 14.8 Å². The molecule has 3 aliphatic rings. The summed E-state index contributed by atoms with van der Waals surface area (Å²) in [6.07, 6.45) is 0.643. The van der Waals surface area contributed by atoms with E-state index >= 15 is 0 Å². The number of aliphatic imine (C=N–C) groups is 3. The number of nitrogens with one attached hydrogen (secondary N) is 1. The molecule has 0 aromatic heterocycles. The molecule has 14 heteroatoms. The third-order valence-corrected chi connectivity index (χ3v) is 7.16. The Morgan fingerprint density at radius 2 is 2.10 bits per heavy atom. The Labute approximate surface area is 181 Å². The van der Waals surface area contributed by atoms with E-state index in [2.05, 4.69) is 20.3 Å². The highest BCUT2D eigenvalue weighted by Gasteiger charge is 2.51. The molecule has 3 rings (SSSR count). The van der Waals surface area contributed by atoms with E-state index in [0.29, 0.717) is 17.3 Å². The highest BCUT2D eigenvalue weighted by molar-refractivity contribution is 7.96. The molecule has 0 saturated carbocycles. The lowest BCUT2D eigenvalue weighted by atomic mass is 10.1. The van der Waals surface area contributed by atoms with Gasteiger partial charge in [0.05, 0.1) is 19.1 Å². The van der Waals surface area contributed by atoms with Crippen molar-refractivity contribution < 1.29 is 29.6 Å². The van der Waals surface area contributed by atoms with Crippen molar-refractivity contribution in [1.29, 1.82) is 0 Å². The van der Waals surface area contributed by atoms with Crippen molar-refractivity contribution in [2.24, 2.45) is 26.4 Å². The number of hydrogen-bond donors (Lipinski definition) is 6. The normalized spacial score (nSPS) is 33.7. The Morgan fingerprint density at radius 3 is 2.77 bits per heavy atom. The summed E-state index contributed by atoms with van der Waals surface area (Å²) in [4.78, 5) is 36.8. The Morgan fingerprint density at radius 1 is 1.35 bits per heavy atom. The molecule has 8 N–H and O–H groups in total. The summed E-state index contributed by atoms with van der Waals surface area (Å²) in [5.74, 6) is -0.455. The fourth-order valence-electron chi connectivity index (χ4n) is 3.61. The fraction of sp³-hybridized carbons (Fsp3) is 0.706. The average Bonchev–Trinajstić information content (AvgIpc) is 3.28. The molecule has 3 heterocycles. The van der Waals surface area contributed by atoms with Crippen LogP contribution in [0.1, 0.15) is 6.42 Å². The fourth-order valence-corrected chi connectivity index (χ4v) is 5.25. The molecule has 1 amide bonds. The van der Waals surface area contributed by atoms with Crippen molar-refractivity contribution in [2.45, 2.75) is 49.2 Å². The van der Waals surface area contributed by atoms with Gasteiger partial charge < -0.3 is 41.7 Å². The van der Waals surface area contributed by atoms with Crippen molar-refractivity contribution in [3.63, 3.8) is 0 Å². The maximum Gasteiger partial charge on any atom is 0.326 e. The van der Waals surface area contributed by atoms with Crippen LogP contribution in [0, 0.1) is 0 Å². The Kier molecular flexibility index (Phi) is 7.48. The minimum Gasteiger partial charge on any atom is -0.480 e. The number of aliphatic hydroxyl groups is 2. The molecule has 1 saturated heterocycles. The van der Waals surface area contributed by atoms with Gasteiger partial charge in [0.15, 0.2) is 12.4 Å². The van der Waals surface area contributed by atoms with Gasteiger partial charge in [-0.05, 0) is 10.9 Å². The first kappa shape index (κ1) is 23.4. The summed E-state index contributed by atoms with van der Waals surface area (Å²) in [6, 6.07) is -1.50. The van der Waals surface area contributed by atoms with Gasteiger partial charge in [0, 0.05) is 6.42 Å². The zero-order chi connectivity index (χ0) is 22.7. The number of nitrogens with two attached hydrogens (primary N) is 2. The number of carboxylic acid groups (broad SMARTS) is 1. The van der Waals surface area contributed by atoms with Crippen LogP contribution in [0.3, 0.4) is 0 Å². The molecule has 8 atom stereocenters. The number of nitrogens with zero attached hydrogens (tertiary/aromatic N) is 4. The van der Waals surface area contributed by atoms with Crippen LogP contribution in [0.25, 0.3) is 0 Å². The molecule has 0 spiro atoms. The number of aliphatic carboxylic acids is 1. The van der Waals surface area contributed by atoms with Gasteiger partial charge in [-0.1, -0.05) is 0 Å². The van der Waals surface area contributed by atoms with Gasteiger partial charge in [-0.15, -0.1) is 0 Å². The monoisotopic (exact) mass is 458 g/mol. The number of carboxylic acids is 1. The minimum absolute atomic E-state index is 0.214. The van der Waals surface area contributed by atoms with Gasteiger partial charge >= 0.3 is 5.97 Å². The van der Waals surface area contributed by atoms with E-state index in [1.807, 2.05) is 6.26 Å². The van der Waals surface area contributed by atoms with Crippen LogP contribution in [0.15, 0.2) is 15.0 Å². The lowest BCUT2D eigenvalue weighted by molar-refractivity contribution is -0.141. The van der Waals surface area contributed by atoms with Gasteiger partial charge in [0.1, 0.15) is 54.1 Å². The Hall–Kier alpha value is -2.26. The second-order valence-corrected chi connectivity index (χ2v) is 9.84. The van der Waals surface area contributed by atoms with Crippen LogP contribution >= 0.6 is 0 Å². The lowest BCUT2D eigenvalue weighted by Crippen LogP contribution is -2.51. The summed E-state index contributed by atoms with van der Waals surface area (Å²) in [7, 11) is -0.342. The summed E-state index contributed by atoms with van der Waals surface area (Å²) in [6.45, 7) is -0.286. The second-order valence-electron chi connectivity index (χ2n) is 7.54. The summed E-state index contributed by atoms with van der Waals surface area (Å²) < 4.78 is 5.95.